The van der Waals surface area contributed by atoms with Gasteiger partial charge in [0.15, 0.2) is 11.6 Å². The maximum absolute atomic E-state index is 12.9. The topological polar surface area (TPSA) is 34.1 Å². The van der Waals surface area contributed by atoms with Gasteiger partial charge in [-0.1, -0.05) is 121 Å². The molecule has 2 aliphatic heterocycles. The van der Waals surface area contributed by atoms with Gasteiger partial charge in [0.25, 0.3) is 0 Å². The van der Waals surface area contributed by atoms with Crippen LogP contribution in [-0.2, 0) is 0 Å². The highest BCUT2D eigenvalue weighted by Gasteiger charge is 2.58. The first-order chi connectivity index (χ1) is 23.8. The van der Waals surface area contributed by atoms with Crippen molar-refractivity contribution in [2.24, 2.45) is 0 Å². The third-order valence-corrected chi connectivity index (χ3v) is 13.5. The van der Waals surface area contributed by atoms with E-state index >= 15 is 0 Å². The molecule has 4 aliphatic rings. The van der Waals surface area contributed by atoms with Gasteiger partial charge in [0.1, 0.15) is 0 Å². The van der Waals surface area contributed by atoms with Crippen LogP contribution >= 0.6 is 23.5 Å². The van der Waals surface area contributed by atoms with E-state index in [4.69, 9.17) is 0 Å². The van der Waals surface area contributed by atoms with Crippen molar-refractivity contribution >= 4 is 47.2 Å². The summed E-state index contributed by atoms with van der Waals surface area (Å²) in [7, 11) is 0. The van der Waals surface area contributed by atoms with E-state index in [0.29, 0.717) is 22.3 Å². The molecule has 0 bridgehead atoms. The minimum Gasteiger partial charge on any atom is -0.289 e. The number of hydrogen-bond donors (Lipinski definition) is 0. The molecule has 0 amide bonds. The van der Waals surface area contributed by atoms with Crippen molar-refractivity contribution in [1.82, 2.24) is 0 Å². The molecule has 1 fully saturated rings. The van der Waals surface area contributed by atoms with E-state index in [1.165, 1.54) is 27.4 Å². The number of hydrogen-bond acceptors (Lipinski definition) is 4. The first kappa shape index (κ1) is 31.6. The number of carbonyl (C=O) groups is 2. The Kier molecular flexibility index (Phi) is 8.18. The number of thioether (sulfide) groups is 2. The monoisotopic (exact) mass is 672 g/mol. The molecule has 0 N–H and O–H groups in total. The van der Waals surface area contributed by atoms with Crippen LogP contribution < -0.4 is 0 Å². The lowest BCUT2D eigenvalue weighted by atomic mass is 9.72. The van der Waals surface area contributed by atoms with Gasteiger partial charge in [-0.05, 0) is 90.8 Å². The predicted octanol–water partition coefficient (Wildman–Crippen LogP) is 11.4. The number of fused-ring (bicyclic) bond motifs is 4. The van der Waals surface area contributed by atoms with Crippen LogP contribution in [0.5, 0.6) is 0 Å². The molecule has 2 heterocycles. The second-order valence-corrected chi connectivity index (χ2v) is 16.3. The molecule has 2 unspecified atom stereocenters. The first-order valence-electron chi connectivity index (χ1n) is 16.9. The molecule has 240 valence electrons. The molecule has 8 rings (SSSR count). The van der Waals surface area contributed by atoms with E-state index in [0.717, 1.165) is 24.0 Å². The standard InChI is InChI=1S/C45H36O2S2/c1-44-40(28-36(48-44)26-20-30-16-22-34(23-17-30)42(46)32-10-5-3-6-11-32)38-14-9-15-39(38)41-29-37(49-45(41,44)2)27-21-31-18-24-35(25-19-31)43(47)33-12-7-4-8-13-33/h3-8,10-13,16-29H,9,14-15H2,1-2H3/b26-20-,27-21+. The zero-order chi connectivity index (χ0) is 33.6. The number of carbonyl (C=O) groups excluding carboxylic acids is 2. The molecule has 2 atom stereocenters. The van der Waals surface area contributed by atoms with Crippen LogP contribution in [0.25, 0.3) is 12.2 Å². The van der Waals surface area contributed by atoms with Gasteiger partial charge in [0.05, 0.1) is 9.49 Å². The Morgan fingerprint density at radius 2 is 0.878 bits per heavy atom. The van der Waals surface area contributed by atoms with Gasteiger partial charge in [0.2, 0.25) is 0 Å². The third-order valence-electron chi connectivity index (χ3n) is 10.3. The van der Waals surface area contributed by atoms with Gasteiger partial charge in [0, 0.05) is 32.1 Å². The molecule has 0 aromatic heterocycles. The summed E-state index contributed by atoms with van der Waals surface area (Å²) in [5.41, 5.74) is 11.1. The van der Waals surface area contributed by atoms with Crippen molar-refractivity contribution in [2.75, 3.05) is 0 Å². The summed E-state index contributed by atoms with van der Waals surface area (Å²) in [5.74, 6) is 0.0919. The largest absolute Gasteiger partial charge is 0.289 e. The molecule has 4 aromatic rings. The Balaban J connectivity index is 0.999. The van der Waals surface area contributed by atoms with Crippen molar-refractivity contribution < 1.29 is 9.59 Å². The van der Waals surface area contributed by atoms with Gasteiger partial charge < -0.3 is 0 Å². The van der Waals surface area contributed by atoms with Gasteiger partial charge in [-0.25, -0.2) is 0 Å². The normalized spacial score (nSPS) is 22.7. The summed E-state index contributed by atoms with van der Waals surface area (Å²) >= 11 is 3.97. The number of rotatable bonds is 8. The van der Waals surface area contributed by atoms with Crippen LogP contribution in [0.15, 0.2) is 166 Å². The lowest BCUT2D eigenvalue weighted by Gasteiger charge is -2.47. The Morgan fingerprint density at radius 1 is 0.510 bits per heavy atom. The van der Waals surface area contributed by atoms with E-state index in [9.17, 15) is 9.59 Å². The molecular formula is C45H36O2S2. The average Bonchev–Trinajstić information content (AvgIpc) is 3.86. The van der Waals surface area contributed by atoms with Crippen LogP contribution in [0.3, 0.4) is 0 Å². The van der Waals surface area contributed by atoms with E-state index in [-0.39, 0.29) is 21.1 Å². The summed E-state index contributed by atoms with van der Waals surface area (Å²) < 4.78 is -0.180. The van der Waals surface area contributed by atoms with Crippen molar-refractivity contribution in [1.29, 1.82) is 0 Å². The van der Waals surface area contributed by atoms with Gasteiger partial charge in [-0.15, -0.1) is 23.5 Å². The summed E-state index contributed by atoms with van der Waals surface area (Å²) in [4.78, 5) is 28.3. The Labute approximate surface area is 297 Å². The lowest BCUT2D eigenvalue weighted by molar-refractivity contribution is 0.103. The van der Waals surface area contributed by atoms with Crippen molar-refractivity contribution in [3.8, 4) is 0 Å². The summed E-state index contributed by atoms with van der Waals surface area (Å²) in [6.45, 7) is 4.87. The minimum absolute atomic E-state index is 0.0460. The SMILES string of the molecule is CC12SC(/C=C\c3ccc(C(=O)c4ccccc4)cc3)=CC1=C1CCCC1=C1C=C(/C=C/c3ccc(C(=O)c4ccccc4)cc3)SC12C. The average molecular weight is 673 g/mol. The molecule has 0 radical (unpaired) electrons. The van der Waals surface area contributed by atoms with Crippen LogP contribution in [0, 0.1) is 0 Å². The van der Waals surface area contributed by atoms with Crippen LogP contribution in [0.4, 0.5) is 0 Å². The molecule has 2 nitrogen and oxygen atoms in total. The van der Waals surface area contributed by atoms with E-state index in [1.807, 2.05) is 133 Å². The molecule has 4 heteroatoms. The fourth-order valence-corrected chi connectivity index (χ4v) is 10.5. The Bertz CT molecular complexity index is 2010. The summed E-state index contributed by atoms with van der Waals surface area (Å²) in [6.07, 6.45) is 17.2. The van der Waals surface area contributed by atoms with E-state index in [1.54, 1.807) is 11.1 Å². The van der Waals surface area contributed by atoms with Crippen molar-refractivity contribution in [3.63, 3.8) is 0 Å². The number of allylic oxidation sites excluding steroid dienone is 6. The number of benzene rings is 4. The van der Waals surface area contributed by atoms with Crippen LogP contribution in [0.1, 0.15) is 76.1 Å². The molecule has 0 saturated heterocycles. The summed E-state index contributed by atoms with van der Waals surface area (Å²) in [6, 6.07) is 34.7. The molecular weight excluding hydrogens is 637 g/mol. The smallest absolute Gasteiger partial charge is 0.193 e. The minimum atomic E-state index is -0.0899. The maximum Gasteiger partial charge on any atom is 0.193 e. The second-order valence-electron chi connectivity index (χ2n) is 13.3. The third kappa shape index (κ3) is 5.67. The van der Waals surface area contributed by atoms with Crippen molar-refractivity contribution in [3.05, 3.63) is 199 Å². The quantitative estimate of drug-likeness (QED) is 0.175. The fourth-order valence-electron chi connectivity index (χ4n) is 7.52. The molecule has 2 aliphatic carbocycles. The Hall–Kier alpha value is -4.64. The zero-order valence-electron chi connectivity index (χ0n) is 27.6. The fraction of sp³-hybridized carbons (Fsp3) is 0.156. The van der Waals surface area contributed by atoms with Gasteiger partial charge in [-0.2, -0.15) is 0 Å². The van der Waals surface area contributed by atoms with Gasteiger partial charge >= 0.3 is 0 Å². The van der Waals surface area contributed by atoms with Crippen LogP contribution in [0.2, 0.25) is 0 Å². The molecule has 1 saturated carbocycles. The lowest BCUT2D eigenvalue weighted by Crippen LogP contribution is -2.47. The molecule has 49 heavy (non-hydrogen) atoms. The number of ketones is 2. The predicted molar refractivity (Wildman–Crippen MR) is 207 cm³/mol. The molecule has 4 aromatic carbocycles. The van der Waals surface area contributed by atoms with E-state index < -0.39 is 0 Å². The maximum atomic E-state index is 12.9. The second kappa shape index (κ2) is 12.7. The highest BCUT2D eigenvalue weighted by Crippen LogP contribution is 2.68. The van der Waals surface area contributed by atoms with E-state index in [2.05, 4.69) is 50.3 Å². The highest BCUT2D eigenvalue weighted by atomic mass is 32.2. The van der Waals surface area contributed by atoms with Gasteiger partial charge in [-0.3, -0.25) is 9.59 Å². The van der Waals surface area contributed by atoms with Crippen LogP contribution in [-0.4, -0.2) is 21.1 Å². The highest BCUT2D eigenvalue weighted by molar-refractivity contribution is 8.09. The van der Waals surface area contributed by atoms with Crippen molar-refractivity contribution in [2.45, 2.75) is 42.6 Å². The summed E-state index contributed by atoms with van der Waals surface area (Å²) in [5, 5.41) is 0. The Morgan fingerprint density at radius 3 is 1.27 bits per heavy atom. The first-order valence-corrected chi connectivity index (χ1v) is 18.5. The molecule has 0 spiro atoms. The zero-order valence-corrected chi connectivity index (χ0v) is 29.2.